The minimum absolute atomic E-state index is 0.229. The number of carbonyl (C=O) groups is 1. The summed E-state index contributed by atoms with van der Waals surface area (Å²) in [6.45, 7) is 5.92. The van der Waals surface area contributed by atoms with E-state index in [9.17, 15) is 4.79 Å². The second kappa shape index (κ2) is 5.79. The average Bonchev–Trinajstić information content (AvgIpc) is 2.03. The van der Waals surface area contributed by atoms with Crippen molar-refractivity contribution in [2.24, 2.45) is 11.1 Å². The van der Waals surface area contributed by atoms with Crippen molar-refractivity contribution in [3.63, 3.8) is 0 Å². The van der Waals surface area contributed by atoms with Gasteiger partial charge in [0.1, 0.15) is 0 Å². The van der Waals surface area contributed by atoms with E-state index >= 15 is 0 Å². The third-order valence-electron chi connectivity index (χ3n) is 2.19. The first-order valence-corrected chi connectivity index (χ1v) is 4.95. The molecule has 0 radical (unpaired) electrons. The lowest BCUT2D eigenvalue weighted by molar-refractivity contribution is -0.125. The van der Waals surface area contributed by atoms with Gasteiger partial charge in [0, 0.05) is 5.41 Å². The zero-order valence-corrected chi connectivity index (χ0v) is 8.97. The predicted octanol–water partition coefficient (Wildman–Crippen LogP) is 2.63. The van der Waals surface area contributed by atoms with Crippen LogP contribution in [0.4, 0.5) is 0 Å². The smallest absolute Gasteiger partial charge is 0.223 e. The molecule has 1 amide bonds. The van der Waals surface area contributed by atoms with Crippen LogP contribution in [0.1, 0.15) is 46.5 Å². The van der Waals surface area contributed by atoms with Gasteiger partial charge in [-0.05, 0) is 12.8 Å². The van der Waals surface area contributed by atoms with Crippen LogP contribution in [0.2, 0.25) is 0 Å². The van der Waals surface area contributed by atoms with Gasteiger partial charge in [-0.25, -0.2) is 0 Å². The first kappa shape index (κ1) is 12.2. The maximum absolute atomic E-state index is 10.9. The fourth-order valence-electron chi connectivity index (χ4n) is 0.918. The molecule has 0 bridgehead atoms. The summed E-state index contributed by atoms with van der Waals surface area (Å²) in [5, 5.41) is 0. The Morgan fingerprint density at radius 2 is 2.00 bits per heavy atom. The van der Waals surface area contributed by atoms with Crippen LogP contribution < -0.4 is 5.73 Å². The normalized spacial score (nSPS) is 12.2. The van der Waals surface area contributed by atoms with Crippen LogP contribution in [0.5, 0.6) is 0 Å². The summed E-state index contributed by atoms with van der Waals surface area (Å²) >= 11 is 0. The lowest BCUT2D eigenvalue weighted by atomic mass is 9.88. The molecule has 0 spiro atoms. The molecule has 2 N–H and O–H groups in total. The molecular formula is C11H21NO. The van der Waals surface area contributed by atoms with Gasteiger partial charge in [-0.15, -0.1) is 0 Å². The van der Waals surface area contributed by atoms with Gasteiger partial charge in [0.2, 0.25) is 5.91 Å². The Labute approximate surface area is 81.2 Å². The van der Waals surface area contributed by atoms with E-state index in [0.29, 0.717) is 0 Å². The molecule has 0 aromatic rings. The van der Waals surface area contributed by atoms with Crippen molar-refractivity contribution in [1.82, 2.24) is 0 Å². The summed E-state index contributed by atoms with van der Waals surface area (Å²) in [6.07, 6.45) is 8.46. The van der Waals surface area contributed by atoms with Gasteiger partial charge < -0.3 is 5.73 Å². The molecule has 0 heterocycles. The van der Waals surface area contributed by atoms with Crippen LogP contribution in [0.25, 0.3) is 0 Å². The molecule has 2 nitrogen and oxygen atoms in total. The molecule has 0 aliphatic carbocycles. The maximum Gasteiger partial charge on any atom is 0.223 e. The predicted molar refractivity (Wildman–Crippen MR) is 56.3 cm³/mol. The summed E-state index contributed by atoms with van der Waals surface area (Å²) < 4.78 is 0. The highest BCUT2D eigenvalue weighted by Gasteiger charge is 2.22. The number of hydrogen-bond acceptors (Lipinski definition) is 1. The molecule has 0 rings (SSSR count). The van der Waals surface area contributed by atoms with Crippen LogP contribution in [0.15, 0.2) is 12.2 Å². The molecule has 0 aromatic heterocycles. The van der Waals surface area contributed by atoms with E-state index in [1.807, 2.05) is 13.8 Å². The highest BCUT2D eigenvalue weighted by molar-refractivity contribution is 5.80. The minimum atomic E-state index is -0.400. The van der Waals surface area contributed by atoms with Crippen molar-refractivity contribution in [3.8, 4) is 0 Å². The molecule has 76 valence electrons. The van der Waals surface area contributed by atoms with Gasteiger partial charge in [-0.2, -0.15) is 0 Å². The number of rotatable bonds is 6. The van der Waals surface area contributed by atoms with Crippen LogP contribution in [0.3, 0.4) is 0 Å². The van der Waals surface area contributed by atoms with Gasteiger partial charge in [-0.1, -0.05) is 45.8 Å². The van der Waals surface area contributed by atoms with Gasteiger partial charge >= 0.3 is 0 Å². The fourth-order valence-corrected chi connectivity index (χ4v) is 0.918. The lowest BCUT2D eigenvalue weighted by Crippen LogP contribution is -2.30. The van der Waals surface area contributed by atoms with E-state index in [1.54, 1.807) is 0 Å². The van der Waals surface area contributed by atoms with E-state index < -0.39 is 5.41 Å². The Morgan fingerprint density at radius 1 is 1.38 bits per heavy atom. The van der Waals surface area contributed by atoms with E-state index in [4.69, 9.17) is 5.73 Å². The molecule has 0 unspecified atom stereocenters. The van der Waals surface area contributed by atoms with Crippen LogP contribution in [-0.2, 0) is 4.79 Å². The highest BCUT2D eigenvalue weighted by atomic mass is 16.1. The average molecular weight is 183 g/mol. The topological polar surface area (TPSA) is 43.1 Å². The monoisotopic (exact) mass is 183 g/mol. The van der Waals surface area contributed by atoms with E-state index in [2.05, 4.69) is 19.1 Å². The van der Waals surface area contributed by atoms with E-state index in [-0.39, 0.29) is 5.91 Å². The summed E-state index contributed by atoms with van der Waals surface area (Å²) in [6, 6.07) is 0. The largest absolute Gasteiger partial charge is 0.369 e. The zero-order valence-electron chi connectivity index (χ0n) is 8.97. The highest BCUT2D eigenvalue weighted by Crippen LogP contribution is 2.19. The molecule has 0 aromatic carbocycles. The van der Waals surface area contributed by atoms with Gasteiger partial charge in [0.05, 0.1) is 0 Å². The quantitative estimate of drug-likeness (QED) is 0.499. The van der Waals surface area contributed by atoms with Crippen LogP contribution in [0, 0.1) is 5.41 Å². The third kappa shape index (κ3) is 5.45. The van der Waals surface area contributed by atoms with Gasteiger partial charge in [-0.3, -0.25) is 4.79 Å². The Morgan fingerprint density at radius 3 is 2.46 bits per heavy atom. The van der Waals surface area contributed by atoms with Crippen molar-refractivity contribution >= 4 is 5.91 Å². The fraction of sp³-hybridized carbons (Fsp3) is 0.727. The second-order valence-corrected chi connectivity index (χ2v) is 4.07. The molecule has 0 aliphatic rings. The van der Waals surface area contributed by atoms with E-state index in [1.165, 1.54) is 12.8 Å². The molecule has 0 atom stereocenters. The third-order valence-corrected chi connectivity index (χ3v) is 2.19. The molecular weight excluding hydrogens is 162 g/mol. The molecule has 2 heteroatoms. The second-order valence-electron chi connectivity index (χ2n) is 4.07. The summed E-state index contributed by atoms with van der Waals surface area (Å²) in [5.74, 6) is -0.229. The number of nitrogens with two attached hydrogens (primary N) is 1. The Balaban J connectivity index is 3.74. The van der Waals surface area contributed by atoms with Crippen molar-refractivity contribution in [2.45, 2.75) is 46.5 Å². The lowest BCUT2D eigenvalue weighted by Gasteiger charge is -2.17. The van der Waals surface area contributed by atoms with Crippen molar-refractivity contribution in [3.05, 3.63) is 12.2 Å². The standard InChI is InChI=1S/C11H21NO/c1-4-5-6-7-8-9-11(2,3)10(12)13/h7-8H,4-6,9H2,1-3H3,(H2,12,13). The Hall–Kier alpha value is -0.790. The van der Waals surface area contributed by atoms with Crippen molar-refractivity contribution in [2.75, 3.05) is 0 Å². The molecule has 0 saturated heterocycles. The molecule has 13 heavy (non-hydrogen) atoms. The first-order chi connectivity index (χ1) is 6.00. The van der Waals surface area contributed by atoms with E-state index in [0.717, 1.165) is 12.8 Å². The van der Waals surface area contributed by atoms with Crippen LogP contribution in [-0.4, -0.2) is 5.91 Å². The molecule has 0 saturated carbocycles. The van der Waals surface area contributed by atoms with Gasteiger partial charge in [0.25, 0.3) is 0 Å². The molecule has 0 fully saturated rings. The first-order valence-electron chi connectivity index (χ1n) is 4.95. The summed E-state index contributed by atoms with van der Waals surface area (Å²) in [7, 11) is 0. The Bertz CT molecular complexity index is 183. The summed E-state index contributed by atoms with van der Waals surface area (Å²) in [5.41, 5.74) is 4.84. The molecule has 0 aliphatic heterocycles. The number of amides is 1. The number of carbonyl (C=O) groups excluding carboxylic acids is 1. The minimum Gasteiger partial charge on any atom is -0.369 e. The number of primary amides is 1. The number of hydrogen-bond donors (Lipinski definition) is 1. The van der Waals surface area contributed by atoms with Crippen molar-refractivity contribution < 1.29 is 4.79 Å². The van der Waals surface area contributed by atoms with Crippen molar-refractivity contribution in [1.29, 1.82) is 0 Å². The number of unbranched alkanes of at least 4 members (excludes halogenated alkanes) is 2. The van der Waals surface area contributed by atoms with Gasteiger partial charge in [0.15, 0.2) is 0 Å². The summed E-state index contributed by atoms with van der Waals surface area (Å²) in [4.78, 5) is 10.9. The van der Waals surface area contributed by atoms with Crippen LogP contribution >= 0.6 is 0 Å². The SMILES string of the molecule is CCCCC=CCC(C)(C)C(N)=O. The Kier molecular flexibility index (Phi) is 5.44. The maximum atomic E-state index is 10.9. The zero-order chi connectivity index (χ0) is 10.3. The number of allylic oxidation sites excluding steroid dienone is 2.